The van der Waals surface area contributed by atoms with E-state index in [1.54, 1.807) is 6.92 Å². The van der Waals surface area contributed by atoms with Gasteiger partial charge in [-0.2, -0.15) is 0 Å². The summed E-state index contributed by atoms with van der Waals surface area (Å²) in [6.45, 7) is 1.68. The SMILES string of the molecule is CC(O)c1ccc2ccccc2c1OC1CCS(=O)(=O)C1. The lowest BCUT2D eigenvalue weighted by molar-refractivity contribution is 0.181. The molecule has 112 valence electrons. The van der Waals surface area contributed by atoms with Crippen molar-refractivity contribution in [2.75, 3.05) is 11.5 Å². The van der Waals surface area contributed by atoms with Gasteiger partial charge in [-0.3, -0.25) is 0 Å². The molecule has 0 saturated carbocycles. The summed E-state index contributed by atoms with van der Waals surface area (Å²) in [7, 11) is -2.99. The van der Waals surface area contributed by atoms with Crippen molar-refractivity contribution < 1.29 is 18.3 Å². The number of rotatable bonds is 3. The number of hydrogen-bond acceptors (Lipinski definition) is 4. The van der Waals surface area contributed by atoms with Gasteiger partial charge in [0.1, 0.15) is 11.9 Å². The Morgan fingerprint density at radius 1 is 1.24 bits per heavy atom. The summed E-state index contributed by atoms with van der Waals surface area (Å²) in [5.41, 5.74) is 0.693. The van der Waals surface area contributed by atoms with Crippen LogP contribution >= 0.6 is 0 Å². The van der Waals surface area contributed by atoms with Gasteiger partial charge in [-0.15, -0.1) is 0 Å². The van der Waals surface area contributed by atoms with Crippen LogP contribution in [0.5, 0.6) is 5.75 Å². The van der Waals surface area contributed by atoms with Gasteiger partial charge < -0.3 is 9.84 Å². The first-order chi connectivity index (χ1) is 9.96. The fourth-order valence-corrected chi connectivity index (χ4v) is 4.33. The van der Waals surface area contributed by atoms with Crippen molar-refractivity contribution in [3.05, 3.63) is 42.0 Å². The molecule has 0 spiro atoms. The van der Waals surface area contributed by atoms with E-state index in [9.17, 15) is 13.5 Å². The first-order valence-electron chi connectivity index (χ1n) is 7.03. The van der Waals surface area contributed by atoms with E-state index < -0.39 is 15.9 Å². The molecule has 0 aliphatic carbocycles. The highest BCUT2D eigenvalue weighted by molar-refractivity contribution is 7.91. The topological polar surface area (TPSA) is 63.6 Å². The van der Waals surface area contributed by atoms with E-state index in [4.69, 9.17) is 4.74 Å². The molecule has 0 bridgehead atoms. The van der Waals surface area contributed by atoms with E-state index in [-0.39, 0.29) is 17.6 Å². The van der Waals surface area contributed by atoms with E-state index >= 15 is 0 Å². The third kappa shape index (κ3) is 2.89. The highest BCUT2D eigenvalue weighted by Gasteiger charge is 2.30. The summed E-state index contributed by atoms with van der Waals surface area (Å²) in [5.74, 6) is 0.826. The molecule has 1 saturated heterocycles. The molecule has 21 heavy (non-hydrogen) atoms. The second kappa shape index (κ2) is 5.31. The van der Waals surface area contributed by atoms with Crippen LogP contribution in [-0.2, 0) is 9.84 Å². The quantitative estimate of drug-likeness (QED) is 0.946. The van der Waals surface area contributed by atoms with Crippen molar-refractivity contribution in [2.24, 2.45) is 0 Å². The highest BCUT2D eigenvalue weighted by atomic mass is 32.2. The lowest BCUT2D eigenvalue weighted by Crippen LogP contribution is -2.19. The fraction of sp³-hybridized carbons (Fsp3) is 0.375. The summed E-state index contributed by atoms with van der Waals surface area (Å²) in [6, 6.07) is 11.5. The van der Waals surface area contributed by atoms with E-state index in [0.717, 1.165) is 10.8 Å². The van der Waals surface area contributed by atoms with E-state index in [1.165, 1.54) is 0 Å². The fourth-order valence-electron chi connectivity index (χ4n) is 2.74. The van der Waals surface area contributed by atoms with Crippen molar-refractivity contribution >= 4 is 20.6 Å². The standard InChI is InChI=1S/C16H18O4S/c1-11(17)14-7-6-12-4-2-3-5-15(12)16(14)20-13-8-9-21(18,19)10-13/h2-7,11,13,17H,8-10H2,1H3. The zero-order valence-corrected chi connectivity index (χ0v) is 12.6. The number of benzene rings is 2. The van der Waals surface area contributed by atoms with Crippen LogP contribution in [0.3, 0.4) is 0 Å². The van der Waals surface area contributed by atoms with Crippen molar-refractivity contribution in [3.63, 3.8) is 0 Å². The molecule has 1 aliphatic rings. The van der Waals surface area contributed by atoms with Gasteiger partial charge in [0.05, 0.1) is 17.6 Å². The van der Waals surface area contributed by atoms with E-state index in [2.05, 4.69) is 0 Å². The molecule has 1 N–H and O–H groups in total. The Balaban J connectivity index is 2.04. The number of fused-ring (bicyclic) bond motifs is 1. The zero-order chi connectivity index (χ0) is 15.0. The Morgan fingerprint density at radius 3 is 2.67 bits per heavy atom. The number of aliphatic hydroxyl groups is 1. The smallest absolute Gasteiger partial charge is 0.154 e. The van der Waals surface area contributed by atoms with Crippen molar-refractivity contribution in [1.82, 2.24) is 0 Å². The molecule has 1 heterocycles. The van der Waals surface area contributed by atoms with Crippen LogP contribution in [0.4, 0.5) is 0 Å². The third-order valence-electron chi connectivity index (χ3n) is 3.84. The molecule has 2 atom stereocenters. The number of aliphatic hydroxyl groups excluding tert-OH is 1. The predicted molar refractivity (Wildman–Crippen MR) is 82.3 cm³/mol. The minimum atomic E-state index is -2.99. The largest absolute Gasteiger partial charge is 0.488 e. The van der Waals surface area contributed by atoms with Crippen LogP contribution in [-0.4, -0.2) is 31.1 Å². The molecule has 2 aromatic carbocycles. The normalized spacial score (nSPS) is 22.3. The molecular formula is C16H18O4S. The van der Waals surface area contributed by atoms with Gasteiger partial charge in [-0.1, -0.05) is 36.4 Å². The Morgan fingerprint density at radius 2 is 2.00 bits per heavy atom. The molecule has 4 nitrogen and oxygen atoms in total. The second-order valence-electron chi connectivity index (χ2n) is 5.52. The third-order valence-corrected chi connectivity index (χ3v) is 5.57. The average Bonchev–Trinajstić information content (AvgIpc) is 2.78. The maximum atomic E-state index is 11.6. The summed E-state index contributed by atoms with van der Waals surface area (Å²) in [5, 5.41) is 11.9. The minimum absolute atomic E-state index is 0.0511. The van der Waals surface area contributed by atoms with Crippen LogP contribution in [0.25, 0.3) is 10.8 Å². The molecule has 5 heteroatoms. The number of hydrogen-bond donors (Lipinski definition) is 1. The van der Waals surface area contributed by atoms with E-state index in [1.807, 2.05) is 36.4 Å². The molecule has 0 aromatic heterocycles. The molecule has 1 fully saturated rings. The van der Waals surface area contributed by atoms with Crippen molar-refractivity contribution in [2.45, 2.75) is 25.6 Å². The molecule has 3 rings (SSSR count). The van der Waals surface area contributed by atoms with Gasteiger partial charge in [0.25, 0.3) is 0 Å². The number of ether oxygens (including phenoxy) is 1. The Bertz CT molecular complexity index is 765. The van der Waals surface area contributed by atoms with Gasteiger partial charge >= 0.3 is 0 Å². The Hall–Kier alpha value is -1.59. The predicted octanol–water partition coefficient (Wildman–Crippen LogP) is 2.46. The van der Waals surface area contributed by atoms with E-state index in [0.29, 0.717) is 17.7 Å². The summed E-state index contributed by atoms with van der Waals surface area (Å²) in [4.78, 5) is 0. The van der Waals surface area contributed by atoms with Gasteiger partial charge in [0, 0.05) is 10.9 Å². The maximum absolute atomic E-state index is 11.6. The summed E-state index contributed by atoms with van der Waals surface area (Å²) in [6.07, 6.45) is -0.494. The Labute approximate surface area is 124 Å². The lowest BCUT2D eigenvalue weighted by atomic mass is 10.0. The Kier molecular flexibility index (Phi) is 3.63. The monoisotopic (exact) mass is 306 g/mol. The van der Waals surface area contributed by atoms with Crippen LogP contribution in [0.2, 0.25) is 0 Å². The molecule has 1 aliphatic heterocycles. The van der Waals surface area contributed by atoms with Crippen LogP contribution in [0.15, 0.2) is 36.4 Å². The first-order valence-corrected chi connectivity index (χ1v) is 8.85. The average molecular weight is 306 g/mol. The summed E-state index contributed by atoms with van der Waals surface area (Å²) >= 11 is 0. The number of sulfone groups is 1. The maximum Gasteiger partial charge on any atom is 0.154 e. The molecule has 0 radical (unpaired) electrons. The second-order valence-corrected chi connectivity index (χ2v) is 7.75. The zero-order valence-electron chi connectivity index (χ0n) is 11.8. The van der Waals surface area contributed by atoms with Crippen molar-refractivity contribution in [1.29, 1.82) is 0 Å². The minimum Gasteiger partial charge on any atom is -0.488 e. The summed E-state index contributed by atoms with van der Waals surface area (Å²) < 4.78 is 29.1. The molecular weight excluding hydrogens is 288 g/mol. The van der Waals surface area contributed by atoms with Gasteiger partial charge in [0.2, 0.25) is 0 Å². The highest BCUT2D eigenvalue weighted by Crippen LogP contribution is 2.35. The molecule has 2 unspecified atom stereocenters. The van der Waals surface area contributed by atoms with Crippen LogP contribution in [0.1, 0.15) is 25.0 Å². The van der Waals surface area contributed by atoms with Gasteiger partial charge in [-0.25, -0.2) is 8.42 Å². The molecule has 0 amide bonds. The molecule has 2 aromatic rings. The lowest BCUT2D eigenvalue weighted by Gasteiger charge is -2.19. The van der Waals surface area contributed by atoms with Crippen LogP contribution < -0.4 is 4.74 Å². The van der Waals surface area contributed by atoms with Crippen molar-refractivity contribution in [3.8, 4) is 5.75 Å². The van der Waals surface area contributed by atoms with Gasteiger partial charge in [0.15, 0.2) is 9.84 Å². The first kappa shape index (κ1) is 14.4. The van der Waals surface area contributed by atoms with Crippen LogP contribution in [0, 0.1) is 0 Å². The van der Waals surface area contributed by atoms with Gasteiger partial charge in [-0.05, 0) is 18.7 Å².